The lowest BCUT2D eigenvalue weighted by atomic mass is 10.1. The van der Waals surface area contributed by atoms with Crippen LogP contribution in [0.15, 0.2) is 12.2 Å². The summed E-state index contributed by atoms with van der Waals surface area (Å²) in [6.45, 7) is 3.19. The fourth-order valence-electron chi connectivity index (χ4n) is 1.96. The summed E-state index contributed by atoms with van der Waals surface area (Å²) in [5.74, 6) is 0. The summed E-state index contributed by atoms with van der Waals surface area (Å²) in [5, 5.41) is 0. The Kier molecular flexibility index (Phi) is 15.4. The molecule has 0 aliphatic carbocycles. The van der Waals surface area contributed by atoms with E-state index in [1.54, 1.807) is 7.11 Å². The van der Waals surface area contributed by atoms with Gasteiger partial charge in [-0.2, -0.15) is 0 Å². The molecule has 0 spiro atoms. The van der Waals surface area contributed by atoms with Crippen molar-refractivity contribution >= 4 is 0 Å². The molecule has 0 aromatic carbocycles. The molecule has 17 heavy (non-hydrogen) atoms. The van der Waals surface area contributed by atoms with E-state index in [0.717, 1.165) is 6.61 Å². The van der Waals surface area contributed by atoms with Crippen molar-refractivity contribution in [2.75, 3.05) is 13.7 Å². The van der Waals surface area contributed by atoms with Gasteiger partial charge >= 0.3 is 0 Å². The van der Waals surface area contributed by atoms with Crippen molar-refractivity contribution in [3.63, 3.8) is 0 Å². The van der Waals surface area contributed by atoms with E-state index >= 15 is 0 Å². The molecule has 102 valence electrons. The molecule has 0 saturated carbocycles. The van der Waals surface area contributed by atoms with Crippen LogP contribution in [0.1, 0.15) is 77.6 Å². The molecule has 0 unspecified atom stereocenters. The minimum absolute atomic E-state index is 0.928. The van der Waals surface area contributed by atoms with Crippen molar-refractivity contribution < 1.29 is 4.74 Å². The molecular weight excluding hydrogens is 208 g/mol. The molecule has 0 atom stereocenters. The first-order valence-electron chi connectivity index (χ1n) is 7.55. The molecule has 0 aromatic heterocycles. The zero-order valence-corrected chi connectivity index (χ0v) is 12.0. The van der Waals surface area contributed by atoms with Gasteiger partial charge in [-0.05, 0) is 32.1 Å². The molecule has 0 fully saturated rings. The molecule has 0 aromatic rings. The average Bonchev–Trinajstić information content (AvgIpc) is 2.35. The third-order valence-corrected chi connectivity index (χ3v) is 3.11. The Hall–Kier alpha value is -0.300. The predicted octanol–water partition coefficient (Wildman–Crippen LogP) is 5.50. The van der Waals surface area contributed by atoms with E-state index in [-0.39, 0.29) is 0 Å². The van der Waals surface area contributed by atoms with Crippen LogP contribution in [0, 0.1) is 0 Å². The molecule has 0 amide bonds. The smallest absolute Gasteiger partial charge is 0.0462 e. The zero-order valence-electron chi connectivity index (χ0n) is 12.0. The highest BCUT2D eigenvalue weighted by Gasteiger charge is 1.89. The van der Waals surface area contributed by atoms with Gasteiger partial charge in [-0.25, -0.2) is 0 Å². The van der Waals surface area contributed by atoms with Crippen LogP contribution in [0.25, 0.3) is 0 Å². The van der Waals surface area contributed by atoms with Crippen LogP contribution in [0.5, 0.6) is 0 Å². The summed E-state index contributed by atoms with van der Waals surface area (Å²) < 4.78 is 5.03. The van der Waals surface area contributed by atoms with Gasteiger partial charge in [0.25, 0.3) is 0 Å². The second-order valence-corrected chi connectivity index (χ2v) is 4.87. The van der Waals surface area contributed by atoms with E-state index in [0.29, 0.717) is 0 Å². The zero-order chi connectivity index (χ0) is 12.6. The van der Waals surface area contributed by atoms with Gasteiger partial charge in [0.15, 0.2) is 0 Å². The van der Waals surface area contributed by atoms with E-state index in [4.69, 9.17) is 4.74 Å². The largest absolute Gasteiger partial charge is 0.385 e. The molecule has 1 nitrogen and oxygen atoms in total. The van der Waals surface area contributed by atoms with Gasteiger partial charge in [-0.15, -0.1) is 0 Å². The van der Waals surface area contributed by atoms with Crippen LogP contribution < -0.4 is 0 Å². The van der Waals surface area contributed by atoms with Crippen molar-refractivity contribution in [1.82, 2.24) is 0 Å². The Morgan fingerprint density at radius 3 is 1.82 bits per heavy atom. The van der Waals surface area contributed by atoms with E-state index in [1.165, 1.54) is 70.6 Å². The predicted molar refractivity (Wildman–Crippen MR) is 77.5 cm³/mol. The summed E-state index contributed by atoms with van der Waals surface area (Å²) in [6, 6.07) is 0. The third-order valence-electron chi connectivity index (χ3n) is 3.11. The molecule has 0 aliphatic heterocycles. The van der Waals surface area contributed by atoms with Crippen LogP contribution in [0.4, 0.5) is 0 Å². The minimum Gasteiger partial charge on any atom is -0.385 e. The lowest BCUT2D eigenvalue weighted by Gasteiger charge is -1.99. The lowest BCUT2D eigenvalue weighted by Crippen LogP contribution is -1.87. The van der Waals surface area contributed by atoms with E-state index < -0.39 is 0 Å². The Labute approximate surface area is 109 Å². The first-order valence-corrected chi connectivity index (χ1v) is 7.55. The van der Waals surface area contributed by atoms with Crippen molar-refractivity contribution in [2.45, 2.75) is 77.6 Å². The number of allylic oxidation sites excluding steroid dienone is 2. The molecule has 0 N–H and O–H groups in total. The number of hydrogen-bond donors (Lipinski definition) is 0. The monoisotopic (exact) mass is 240 g/mol. The minimum atomic E-state index is 0.928. The van der Waals surface area contributed by atoms with Crippen LogP contribution in [-0.4, -0.2) is 13.7 Å². The lowest BCUT2D eigenvalue weighted by molar-refractivity contribution is 0.192. The van der Waals surface area contributed by atoms with Crippen molar-refractivity contribution in [3.05, 3.63) is 12.2 Å². The Bertz CT molecular complexity index is 152. The number of hydrogen-bond acceptors (Lipinski definition) is 1. The van der Waals surface area contributed by atoms with Crippen LogP contribution in [0.3, 0.4) is 0 Å². The van der Waals surface area contributed by atoms with Crippen molar-refractivity contribution in [2.24, 2.45) is 0 Å². The van der Waals surface area contributed by atoms with Gasteiger partial charge in [-0.3, -0.25) is 0 Å². The maximum atomic E-state index is 5.03. The topological polar surface area (TPSA) is 9.23 Å². The van der Waals surface area contributed by atoms with Gasteiger partial charge in [0, 0.05) is 13.7 Å². The van der Waals surface area contributed by atoms with Gasteiger partial charge in [-0.1, -0.05) is 57.6 Å². The summed E-state index contributed by atoms with van der Waals surface area (Å²) in [7, 11) is 1.78. The van der Waals surface area contributed by atoms with Gasteiger partial charge in [0.1, 0.15) is 0 Å². The number of rotatable bonds is 13. The second-order valence-electron chi connectivity index (χ2n) is 4.87. The summed E-state index contributed by atoms with van der Waals surface area (Å²) in [4.78, 5) is 0. The number of ether oxygens (including phenoxy) is 1. The first kappa shape index (κ1) is 16.7. The summed E-state index contributed by atoms with van der Waals surface area (Å²) in [5.41, 5.74) is 0. The number of methoxy groups -OCH3 is 1. The van der Waals surface area contributed by atoms with E-state index in [1.807, 2.05) is 0 Å². The Balaban J connectivity index is 2.99. The van der Waals surface area contributed by atoms with E-state index in [2.05, 4.69) is 19.1 Å². The fourth-order valence-corrected chi connectivity index (χ4v) is 1.96. The Morgan fingerprint density at radius 1 is 0.706 bits per heavy atom. The first-order chi connectivity index (χ1) is 8.41. The highest BCUT2D eigenvalue weighted by atomic mass is 16.5. The van der Waals surface area contributed by atoms with Crippen molar-refractivity contribution in [3.8, 4) is 0 Å². The highest BCUT2D eigenvalue weighted by molar-refractivity contribution is 4.81. The Morgan fingerprint density at radius 2 is 1.24 bits per heavy atom. The molecule has 0 saturated heterocycles. The average molecular weight is 240 g/mol. The summed E-state index contributed by atoms with van der Waals surface area (Å²) in [6.07, 6.45) is 19.5. The second kappa shape index (κ2) is 15.7. The van der Waals surface area contributed by atoms with Crippen LogP contribution in [0.2, 0.25) is 0 Å². The maximum Gasteiger partial charge on any atom is 0.0462 e. The maximum absolute atomic E-state index is 5.03. The molecule has 0 rings (SSSR count). The standard InChI is InChI=1S/C16H32O/c1-3-4-5-6-7-8-9-10-11-12-13-14-15-16-17-2/h8-9H,3-7,10-16H2,1-2H3/b9-8+. The SMILES string of the molecule is CCCCCC/C=C/CCCCCCCOC. The van der Waals surface area contributed by atoms with E-state index in [9.17, 15) is 0 Å². The van der Waals surface area contributed by atoms with Crippen LogP contribution in [-0.2, 0) is 4.74 Å². The normalized spacial score (nSPS) is 11.4. The third kappa shape index (κ3) is 15.7. The van der Waals surface area contributed by atoms with Gasteiger partial charge in [0.05, 0.1) is 0 Å². The number of unbranched alkanes of at least 4 members (excludes halogenated alkanes) is 9. The molecule has 0 heterocycles. The van der Waals surface area contributed by atoms with Gasteiger partial charge in [0.2, 0.25) is 0 Å². The molecule has 0 radical (unpaired) electrons. The fraction of sp³-hybridized carbons (Fsp3) is 0.875. The quantitative estimate of drug-likeness (QED) is 0.305. The molecular formula is C16H32O. The molecule has 1 heteroatoms. The van der Waals surface area contributed by atoms with Crippen molar-refractivity contribution in [1.29, 1.82) is 0 Å². The molecule has 0 bridgehead atoms. The van der Waals surface area contributed by atoms with Crippen LogP contribution >= 0.6 is 0 Å². The molecule has 0 aliphatic rings. The van der Waals surface area contributed by atoms with Gasteiger partial charge < -0.3 is 4.74 Å². The summed E-state index contributed by atoms with van der Waals surface area (Å²) >= 11 is 0. The highest BCUT2D eigenvalue weighted by Crippen LogP contribution is 2.07.